The molecule has 0 radical (unpaired) electrons. The smallest absolute Gasteiger partial charge is 0.233 e. The topological polar surface area (TPSA) is 50.4 Å². The van der Waals surface area contributed by atoms with Crippen molar-refractivity contribution in [1.82, 2.24) is 10.6 Å². The molecule has 0 spiro atoms. The molecule has 0 aliphatic heterocycles. The Morgan fingerprint density at radius 1 is 1.32 bits per heavy atom. The fourth-order valence-electron chi connectivity index (χ4n) is 2.68. The zero-order valence-corrected chi connectivity index (χ0v) is 15.3. The van der Waals surface area contributed by atoms with Crippen molar-refractivity contribution < 1.29 is 9.53 Å². The van der Waals surface area contributed by atoms with Gasteiger partial charge >= 0.3 is 0 Å². The van der Waals surface area contributed by atoms with Gasteiger partial charge in [-0.2, -0.15) is 0 Å². The predicted octanol–water partition coefficient (Wildman–Crippen LogP) is 2.64. The largest absolute Gasteiger partial charge is 0.383 e. The molecule has 1 aliphatic carbocycles. The number of amides is 1. The van der Waals surface area contributed by atoms with Crippen LogP contribution < -0.4 is 10.6 Å². The Kier molecular flexibility index (Phi) is 8.39. The Morgan fingerprint density at radius 3 is 2.55 bits per heavy atom. The Balaban J connectivity index is 0.00000242. The third kappa shape index (κ3) is 5.23. The molecule has 2 N–H and O–H groups in total. The van der Waals surface area contributed by atoms with Gasteiger partial charge in [-0.05, 0) is 30.5 Å². The molecular weight excluding hydrogens is 368 g/mol. The first-order valence-electron chi connectivity index (χ1n) is 7.39. The maximum absolute atomic E-state index is 11.9. The summed E-state index contributed by atoms with van der Waals surface area (Å²) in [5.74, 6) is 0.0505. The molecule has 1 saturated carbocycles. The van der Waals surface area contributed by atoms with Gasteiger partial charge in [0.25, 0.3) is 0 Å². The molecule has 0 bridgehead atoms. The number of hydrogen-bond donors (Lipinski definition) is 2. The maximum atomic E-state index is 11.9. The van der Waals surface area contributed by atoms with Crippen molar-refractivity contribution in [3.8, 4) is 0 Å². The minimum atomic E-state index is 0. The van der Waals surface area contributed by atoms with Gasteiger partial charge in [0, 0.05) is 30.1 Å². The van der Waals surface area contributed by atoms with Gasteiger partial charge in [0.2, 0.25) is 5.91 Å². The SMILES string of the molecule is COCCNCC(=O)NCC1(c2ccc(Br)cc2)CCC1.Cl. The number of halogens is 2. The summed E-state index contributed by atoms with van der Waals surface area (Å²) in [6.45, 7) is 2.39. The van der Waals surface area contributed by atoms with Gasteiger partial charge in [0.15, 0.2) is 0 Å². The molecule has 124 valence electrons. The number of nitrogens with one attached hydrogen (secondary N) is 2. The molecule has 0 saturated heterocycles. The number of hydrogen-bond acceptors (Lipinski definition) is 3. The van der Waals surface area contributed by atoms with Gasteiger partial charge < -0.3 is 15.4 Å². The van der Waals surface area contributed by atoms with Crippen molar-refractivity contribution in [3.63, 3.8) is 0 Å². The first kappa shape index (κ1) is 19.4. The molecule has 6 heteroatoms. The van der Waals surface area contributed by atoms with E-state index in [1.54, 1.807) is 7.11 Å². The molecular formula is C16H24BrClN2O2. The van der Waals surface area contributed by atoms with Crippen LogP contribution in [-0.2, 0) is 14.9 Å². The quantitative estimate of drug-likeness (QED) is 0.670. The van der Waals surface area contributed by atoms with Crippen molar-refractivity contribution in [2.24, 2.45) is 0 Å². The first-order valence-corrected chi connectivity index (χ1v) is 8.18. The van der Waals surface area contributed by atoms with E-state index in [9.17, 15) is 4.79 Å². The lowest BCUT2D eigenvalue weighted by Gasteiger charge is -2.42. The fourth-order valence-corrected chi connectivity index (χ4v) is 2.95. The van der Waals surface area contributed by atoms with Crippen molar-refractivity contribution in [3.05, 3.63) is 34.3 Å². The highest BCUT2D eigenvalue weighted by Crippen LogP contribution is 2.43. The van der Waals surface area contributed by atoms with E-state index >= 15 is 0 Å². The highest BCUT2D eigenvalue weighted by molar-refractivity contribution is 9.10. The van der Waals surface area contributed by atoms with Gasteiger partial charge in [-0.25, -0.2) is 0 Å². The van der Waals surface area contributed by atoms with Crippen molar-refractivity contribution in [2.75, 3.05) is 33.4 Å². The lowest BCUT2D eigenvalue weighted by atomic mass is 9.64. The van der Waals surface area contributed by atoms with Crippen LogP contribution >= 0.6 is 28.3 Å². The normalized spacial score (nSPS) is 15.5. The first-order chi connectivity index (χ1) is 10.2. The monoisotopic (exact) mass is 390 g/mol. The lowest BCUT2D eigenvalue weighted by Crippen LogP contribution is -2.47. The molecule has 0 aromatic heterocycles. The number of carbonyl (C=O) groups excluding carboxylic acids is 1. The summed E-state index contributed by atoms with van der Waals surface area (Å²) in [7, 11) is 1.65. The van der Waals surface area contributed by atoms with Crippen molar-refractivity contribution in [2.45, 2.75) is 24.7 Å². The summed E-state index contributed by atoms with van der Waals surface area (Å²) in [6.07, 6.45) is 3.52. The Bertz CT molecular complexity index is 464. The molecule has 0 atom stereocenters. The third-order valence-electron chi connectivity index (χ3n) is 4.16. The average molecular weight is 392 g/mol. The van der Waals surface area contributed by atoms with Crippen LogP contribution in [0.4, 0.5) is 0 Å². The van der Waals surface area contributed by atoms with Crippen LogP contribution in [0.2, 0.25) is 0 Å². The highest BCUT2D eigenvalue weighted by Gasteiger charge is 2.38. The van der Waals surface area contributed by atoms with Crippen molar-refractivity contribution >= 4 is 34.2 Å². The number of carbonyl (C=O) groups is 1. The summed E-state index contributed by atoms with van der Waals surface area (Å²) >= 11 is 3.47. The Labute approximate surface area is 146 Å². The third-order valence-corrected chi connectivity index (χ3v) is 4.69. The zero-order chi connectivity index (χ0) is 15.1. The van der Waals surface area contributed by atoms with Crippen molar-refractivity contribution in [1.29, 1.82) is 0 Å². The van der Waals surface area contributed by atoms with E-state index in [0.717, 1.165) is 23.9 Å². The van der Waals surface area contributed by atoms with E-state index < -0.39 is 0 Å². The fraction of sp³-hybridized carbons (Fsp3) is 0.562. The molecule has 1 aromatic carbocycles. The molecule has 22 heavy (non-hydrogen) atoms. The maximum Gasteiger partial charge on any atom is 0.233 e. The second-order valence-electron chi connectivity index (χ2n) is 5.59. The van der Waals surface area contributed by atoms with Crippen LogP contribution in [0.1, 0.15) is 24.8 Å². The van der Waals surface area contributed by atoms with E-state index in [1.807, 2.05) is 0 Å². The summed E-state index contributed by atoms with van der Waals surface area (Å²) in [6, 6.07) is 8.46. The van der Waals surface area contributed by atoms with E-state index in [1.165, 1.54) is 12.0 Å². The standard InChI is InChI=1S/C16H23BrN2O2.ClH/c1-21-10-9-18-11-15(20)19-12-16(7-2-8-16)13-3-5-14(17)6-4-13;/h3-6,18H,2,7-12H2,1H3,(H,19,20);1H. The molecule has 1 amide bonds. The second kappa shape index (κ2) is 9.50. The van der Waals surface area contributed by atoms with E-state index in [2.05, 4.69) is 50.8 Å². The van der Waals surface area contributed by atoms with Gasteiger partial charge in [-0.15, -0.1) is 12.4 Å². The Hall–Kier alpha value is -0.620. The second-order valence-corrected chi connectivity index (χ2v) is 6.50. The minimum absolute atomic E-state index is 0. The van der Waals surface area contributed by atoms with Crippen LogP contribution in [-0.4, -0.2) is 39.3 Å². The molecule has 4 nitrogen and oxygen atoms in total. The summed E-state index contributed by atoms with van der Waals surface area (Å²) in [4.78, 5) is 11.9. The van der Waals surface area contributed by atoms with Crippen LogP contribution in [0.3, 0.4) is 0 Å². The van der Waals surface area contributed by atoms with Crippen LogP contribution in [0.5, 0.6) is 0 Å². The molecule has 1 aromatic rings. The van der Waals surface area contributed by atoms with Gasteiger partial charge in [0.1, 0.15) is 0 Å². The lowest BCUT2D eigenvalue weighted by molar-refractivity contribution is -0.120. The number of methoxy groups -OCH3 is 1. The summed E-state index contributed by atoms with van der Waals surface area (Å²) in [5.41, 5.74) is 1.45. The van der Waals surface area contributed by atoms with E-state index in [4.69, 9.17) is 4.74 Å². The van der Waals surface area contributed by atoms with Crippen LogP contribution in [0.15, 0.2) is 28.7 Å². The molecule has 2 rings (SSSR count). The molecule has 0 unspecified atom stereocenters. The minimum Gasteiger partial charge on any atom is -0.383 e. The highest BCUT2D eigenvalue weighted by atomic mass is 79.9. The van der Waals surface area contributed by atoms with Gasteiger partial charge in [-0.3, -0.25) is 4.79 Å². The molecule has 1 fully saturated rings. The number of benzene rings is 1. The average Bonchev–Trinajstić information content (AvgIpc) is 2.44. The van der Waals surface area contributed by atoms with Gasteiger partial charge in [0.05, 0.1) is 13.2 Å². The summed E-state index contributed by atoms with van der Waals surface area (Å²) < 4.78 is 6.02. The summed E-state index contributed by atoms with van der Waals surface area (Å²) in [5, 5.41) is 6.12. The van der Waals surface area contributed by atoms with E-state index in [-0.39, 0.29) is 23.7 Å². The predicted molar refractivity (Wildman–Crippen MR) is 94.7 cm³/mol. The van der Waals surface area contributed by atoms with Gasteiger partial charge in [-0.1, -0.05) is 34.5 Å². The zero-order valence-electron chi connectivity index (χ0n) is 12.9. The van der Waals surface area contributed by atoms with Crippen LogP contribution in [0.25, 0.3) is 0 Å². The Morgan fingerprint density at radius 2 is 2.00 bits per heavy atom. The number of rotatable bonds is 8. The van der Waals surface area contributed by atoms with E-state index in [0.29, 0.717) is 19.7 Å². The molecule has 0 heterocycles. The molecule has 1 aliphatic rings. The van der Waals surface area contributed by atoms with Crippen LogP contribution in [0, 0.1) is 0 Å². The number of ether oxygens (including phenoxy) is 1.